The fourth-order valence-corrected chi connectivity index (χ4v) is 2.76. The molecular formula is C21H23N3O3. The lowest BCUT2D eigenvalue weighted by Crippen LogP contribution is -2.44. The first-order valence-corrected chi connectivity index (χ1v) is 8.77. The average molecular weight is 365 g/mol. The monoisotopic (exact) mass is 365 g/mol. The van der Waals surface area contributed by atoms with Gasteiger partial charge in [-0.3, -0.25) is 10.1 Å². The minimum atomic E-state index is -1.09. The zero-order valence-corrected chi connectivity index (χ0v) is 15.9. The van der Waals surface area contributed by atoms with Crippen molar-refractivity contribution in [2.45, 2.75) is 39.5 Å². The van der Waals surface area contributed by atoms with Crippen LogP contribution in [0.15, 0.2) is 53.5 Å². The van der Waals surface area contributed by atoms with Crippen molar-refractivity contribution < 1.29 is 14.3 Å². The number of aryl methyl sites for hydroxylation is 1. The highest BCUT2D eigenvalue weighted by Crippen LogP contribution is 2.25. The first-order valence-electron chi connectivity index (χ1n) is 8.77. The molecule has 140 valence electrons. The molecule has 0 bridgehead atoms. The minimum Gasteiger partial charge on any atom is -0.444 e. The Balaban J connectivity index is 2.03. The van der Waals surface area contributed by atoms with E-state index in [4.69, 9.17) is 4.74 Å². The van der Waals surface area contributed by atoms with Gasteiger partial charge in [0.1, 0.15) is 5.60 Å². The minimum absolute atomic E-state index is 0.420. The topological polar surface area (TPSA) is 79.8 Å². The van der Waals surface area contributed by atoms with Gasteiger partial charge in [-0.15, -0.1) is 0 Å². The summed E-state index contributed by atoms with van der Waals surface area (Å²) in [6.45, 7) is 7.26. The summed E-state index contributed by atoms with van der Waals surface area (Å²) in [7, 11) is 0. The summed E-state index contributed by atoms with van der Waals surface area (Å²) in [6.07, 6.45) is -1.79. The molecule has 0 radical (unpaired) electrons. The molecule has 3 rings (SSSR count). The molecule has 2 N–H and O–H groups in total. The maximum Gasteiger partial charge on any atom is 0.409 e. The van der Waals surface area contributed by atoms with Crippen LogP contribution in [0.1, 0.15) is 37.5 Å². The van der Waals surface area contributed by atoms with Crippen molar-refractivity contribution in [1.82, 2.24) is 5.32 Å². The van der Waals surface area contributed by atoms with Gasteiger partial charge in [0.15, 0.2) is 0 Å². The molecule has 1 aliphatic rings. The lowest BCUT2D eigenvalue weighted by molar-refractivity contribution is -0.118. The molecule has 6 nitrogen and oxygen atoms in total. The summed E-state index contributed by atoms with van der Waals surface area (Å²) in [4.78, 5) is 29.4. The van der Waals surface area contributed by atoms with Gasteiger partial charge in [-0.1, -0.05) is 42.0 Å². The molecule has 0 spiro atoms. The first kappa shape index (κ1) is 18.6. The summed E-state index contributed by atoms with van der Waals surface area (Å²) in [5.74, 6) is -0.420. The number of benzene rings is 2. The number of rotatable bonds is 2. The van der Waals surface area contributed by atoms with Crippen molar-refractivity contribution in [2.24, 2.45) is 4.99 Å². The number of ether oxygens (including phenoxy) is 1. The van der Waals surface area contributed by atoms with Gasteiger partial charge in [0, 0.05) is 11.1 Å². The van der Waals surface area contributed by atoms with Gasteiger partial charge in [-0.05, 0) is 39.8 Å². The number of alkyl carbamates (subject to hydrolysis) is 1. The third-order valence-electron chi connectivity index (χ3n) is 3.90. The molecule has 1 heterocycles. The van der Waals surface area contributed by atoms with Crippen molar-refractivity contribution in [1.29, 1.82) is 0 Å². The molecule has 1 aliphatic heterocycles. The number of anilines is 1. The standard InChI is InChI=1S/C21H23N3O3/c1-13-10-11-16-15(12-13)17(14-8-6-5-7-9-14)23-18(19(25)22-16)24-20(26)27-21(2,3)4/h5-12,18H,1-4H3,(H,22,25)(H,24,26). The Morgan fingerprint density at radius 3 is 2.52 bits per heavy atom. The van der Waals surface area contributed by atoms with Gasteiger partial charge in [0.25, 0.3) is 5.91 Å². The second kappa shape index (κ2) is 7.23. The molecule has 0 saturated carbocycles. The van der Waals surface area contributed by atoms with Crippen LogP contribution in [0.3, 0.4) is 0 Å². The zero-order chi connectivity index (χ0) is 19.6. The van der Waals surface area contributed by atoms with E-state index in [0.29, 0.717) is 11.4 Å². The Kier molecular flexibility index (Phi) is 4.99. The number of aliphatic imine (C=N–C) groups is 1. The van der Waals surface area contributed by atoms with E-state index in [2.05, 4.69) is 15.6 Å². The maximum absolute atomic E-state index is 12.7. The van der Waals surface area contributed by atoms with Crippen LogP contribution in [0.2, 0.25) is 0 Å². The highest BCUT2D eigenvalue weighted by Gasteiger charge is 2.28. The molecule has 0 saturated heterocycles. The number of fused-ring (bicyclic) bond motifs is 1. The van der Waals surface area contributed by atoms with Crippen LogP contribution in [0.25, 0.3) is 0 Å². The molecule has 0 fully saturated rings. The first-order chi connectivity index (χ1) is 12.7. The van der Waals surface area contributed by atoms with E-state index >= 15 is 0 Å². The van der Waals surface area contributed by atoms with Gasteiger partial charge < -0.3 is 10.1 Å². The van der Waals surface area contributed by atoms with E-state index in [1.54, 1.807) is 20.8 Å². The average Bonchev–Trinajstić information content (AvgIpc) is 2.71. The Hall–Kier alpha value is -3.15. The molecule has 0 aromatic heterocycles. The molecule has 1 unspecified atom stereocenters. The van der Waals surface area contributed by atoms with Crippen LogP contribution in [-0.4, -0.2) is 29.5 Å². The quantitative estimate of drug-likeness (QED) is 0.853. The van der Waals surface area contributed by atoms with Crippen molar-refractivity contribution >= 4 is 23.4 Å². The largest absolute Gasteiger partial charge is 0.444 e. The SMILES string of the molecule is Cc1ccc2c(c1)C(c1ccccc1)=NC(NC(=O)OC(C)(C)C)C(=O)N2. The van der Waals surface area contributed by atoms with Crippen LogP contribution in [0.4, 0.5) is 10.5 Å². The van der Waals surface area contributed by atoms with E-state index < -0.39 is 23.8 Å². The number of benzodiazepines with no additional fused rings is 1. The fraction of sp³-hybridized carbons (Fsp3) is 0.286. The fourth-order valence-electron chi connectivity index (χ4n) is 2.76. The number of nitrogens with one attached hydrogen (secondary N) is 2. The lowest BCUT2D eigenvalue weighted by atomic mass is 9.99. The Morgan fingerprint density at radius 1 is 1.15 bits per heavy atom. The predicted octanol–water partition coefficient (Wildman–Crippen LogP) is 3.64. The molecular weight excluding hydrogens is 342 g/mol. The number of hydrogen-bond acceptors (Lipinski definition) is 4. The van der Waals surface area contributed by atoms with Gasteiger partial charge in [0.05, 0.1) is 11.4 Å². The second-order valence-electron chi connectivity index (χ2n) is 7.43. The van der Waals surface area contributed by atoms with Crippen LogP contribution >= 0.6 is 0 Å². The Bertz CT molecular complexity index is 899. The number of carbonyl (C=O) groups excluding carboxylic acids is 2. The van der Waals surface area contributed by atoms with Crippen molar-refractivity contribution in [3.05, 3.63) is 65.2 Å². The lowest BCUT2D eigenvalue weighted by Gasteiger charge is -2.21. The summed E-state index contributed by atoms with van der Waals surface area (Å²) >= 11 is 0. The number of hydrogen-bond donors (Lipinski definition) is 2. The third-order valence-corrected chi connectivity index (χ3v) is 3.90. The molecule has 1 atom stereocenters. The highest BCUT2D eigenvalue weighted by atomic mass is 16.6. The third kappa shape index (κ3) is 4.53. The normalized spacial score (nSPS) is 16.5. The van der Waals surface area contributed by atoms with Crippen molar-refractivity contribution in [2.75, 3.05) is 5.32 Å². The van der Waals surface area contributed by atoms with E-state index in [-0.39, 0.29) is 0 Å². The maximum atomic E-state index is 12.7. The van der Waals surface area contributed by atoms with E-state index in [1.165, 1.54) is 0 Å². The Morgan fingerprint density at radius 2 is 1.85 bits per heavy atom. The molecule has 2 amide bonds. The van der Waals surface area contributed by atoms with Crippen LogP contribution in [0.5, 0.6) is 0 Å². The second-order valence-corrected chi connectivity index (χ2v) is 7.43. The molecule has 2 aromatic rings. The van der Waals surface area contributed by atoms with Gasteiger partial charge in [0.2, 0.25) is 6.17 Å². The zero-order valence-electron chi connectivity index (χ0n) is 15.9. The summed E-state index contributed by atoms with van der Waals surface area (Å²) in [5, 5.41) is 5.40. The number of nitrogens with zero attached hydrogens (tertiary/aromatic N) is 1. The summed E-state index contributed by atoms with van der Waals surface area (Å²) in [6, 6.07) is 15.3. The van der Waals surface area contributed by atoms with Crippen LogP contribution < -0.4 is 10.6 Å². The summed E-state index contributed by atoms with van der Waals surface area (Å²) < 4.78 is 5.27. The molecule has 27 heavy (non-hydrogen) atoms. The smallest absolute Gasteiger partial charge is 0.409 e. The van der Waals surface area contributed by atoms with E-state index in [1.807, 2.05) is 55.5 Å². The van der Waals surface area contributed by atoms with Gasteiger partial charge >= 0.3 is 6.09 Å². The van der Waals surface area contributed by atoms with Crippen molar-refractivity contribution in [3.63, 3.8) is 0 Å². The Labute approximate surface area is 158 Å². The number of carbonyl (C=O) groups is 2. The summed E-state index contributed by atoms with van der Waals surface area (Å²) in [5.41, 5.74) is 3.33. The van der Waals surface area contributed by atoms with E-state index in [0.717, 1.165) is 16.7 Å². The van der Waals surface area contributed by atoms with Crippen molar-refractivity contribution in [3.8, 4) is 0 Å². The molecule has 2 aromatic carbocycles. The van der Waals surface area contributed by atoms with Gasteiger partial charge in [-0.2, -0.15) is 0 Å². The molecule has 6 heteroatoms. The van der Waals surface area contributed by atoms with Crippen LogP contribution in [-0.2, 0) is 9.53 Å². The van der Waals surface area contributed by atoms with Gasteiger partial charge in [-0.25, -0.2) is 9.79 Å². The van der Waals surface area contributed by atoms with E-state index in [9.17, 15) is 9.59 Å². The predicted molar refractivity (Wildman–Crippen MR) is 105 cm³/mol. The molecule has 0 aliphatic carbocycles. The number of amides is 2. The van der Waals surface area contributed by atoms with Crippen LogP contribution in [0, 0.1) is 6.92 Å². The highest BCUT2D eigenvalue weighted by molar-refractivity contribution is 6.19.